The number of unbranched alkanes of at least 4 members (excludes halogenated alkanes) is 27. The molecular formula is C85H144O17P2. The molecule has 0 aliphatic rings. The van der Waals surface area contributed by atoms with Crippen molar-refractivity contribution in [3.05, 3.63) is 134 Å². The summed E-state index contributed by atoms with van der Waals surface area (Å²) < 4.78 is 68.6. The van der Waals surface area contributed by atoms with Gasteiger partial charge in [0.1, 0.15) is 19.3 Å². The summed E-state index contributed by atoms with van der Waals surface area (Å²) in [5, 5.41) is 10.6. The van der Waals surface area contributed by atoms with Crippen LogP contribution in [0.2, 0.25) is 0 Å². The van der Waals surface area contributed by atoms with Crippen molar-refractivity contribution >= 4 is 39.5 Å². The first kappa shape index (κ1) is 99.2. The first-order valence-corrected chi connectivity index (χ1v) is 43.4. The maximum absolute atomic E-state index is 13.1. The predicted octanol–water partition coefficient (Wildman–Crippen LogP) is 23.7. The summed E-state index contributed by atoms with van der Waals surface area (Å²) in [6, 6.07) is 0. The van der Waals surface area contributed by atoms with Crippen LogP contribution in [-0.4, -0.2) is 96.7 Å². The first-order valence-electron chi connectivity index (χ1n) is 40.4. The summed E-state index contributed by atoms with van der Waals surface area (Å²) in [5.74, 6) is -2.23. The summed E-state index contributed by atoms with van der Waals surface area (Å²) in [6.45, 7) is 4.54. The van der Waals surface area contributed by atoms with E-state index in [4.69, 9.17) is 37.0 Å². The van der Waals surface area contributed by atoms with E-state index in [1.54, 1.807) is 0 Å². The largest absolute Gasteiger partial charge is 0.472 e. The molecule has 0 heterocycles. The van der Waals surface area contributed by atoms with Gasteiger partial charge in [0.05, 0.1) is 26.4 Å². The number of carbonyl (C=O) groups is 4. The van der Waals surface area contributed by atoms with Crippen molar-refractivity contribution in [1.29, 1.82) is 0 Å². The minimum atomic E-state index is -4.99. The molecule has 0 aliphatic heterocycles. The lowest BCUT2D eigenvalue weighted by Crippen LogP contribution is -2.30. The van der Waals surface area contributed by atoms with E-state index in [1.165, 1.54) is 32.1 Å². The van der Waals surface area contributed by atoms with Gasteiger partial charge in [-0.25, -0.2) is 9.13 Å². The van der Waals surface area contributed by atoms with Crippen molar-refractivity contribution in [1.82, 2.24) is 0 Å². The summed E-state index contributed by atoms with van der Waals surface area (Å²) in [4.78, 5) is 73.0. The number of aliphatic hydroxyl groups excluding tert-OH is 1. The number of aliphatic hydroxyl groups is 1. The van der Waals surface area contributed by atoms with Crippen molar-refractivity contribution in [3.63, 3.8) is 0 Å². The lowest BCUT2D eigenvalue weighted by molar-refractivity contribution is -0.161. The molecule has 0 amide bonds. The number of rotatable bonds is 75. The predicted molar refractivity (Wildman–Crippen MR) is 427 cm³/mol. The molecule has 0 fully saturated rings. The van der Waals surface area contributed by atoms with Gasteiger partial charge in [-0.05, 0) is 154 Å². The number of allylic oxidation sites excluding steroid dienone is 22. The Morgan fingerprint density at radius 3 is 0.808 bits per heavy atom. The highest BCUT2D eigenvalue weighted by Crippen LogP contribution is 2.45. The Bertz CT molecular complexity index is 2490. The summed E-state index contributed by atoms with van der Waals surface area (Å²) in [5.41, 5.74) is 0. The molecule has 0 aromatic heterocycles. The molecule has 0 saturated heterocycles. The van der Waals surface area contributed by atoms with Gasteiger partial charge in [0.2, 0.25) is 0 Å². The van der Waals surface area contributed by atoms with Gasteiger partial charge >= 0.3 is 39.5 Å². The Kier molecular flexibility index (Phi) is 72.9. The van der Waals surface area contributed by atoms with Crippen LogP contribution in [0, 0.1) is 0 Å². The molecule has 5 unspecified atom stereocenters. The van der Waals surface area contributed by atoms with Gasteiger partial charge in [0, 0.05) is 25.7 Å². The van der Waals surface area contributed by atoms with Crippen molar-refractivity contribution in [3.8, 4) is 0 Å². The fraction of sp³-hybridized carbons (Fsp3) is 0.694. The Morgan fingerprint density at radius 1 is 0.279 bits per heavy atom. The van der Waals surface area contributed by atoms with Crippen LogP contribution in [0.1, 0.15) is 323 Å². The molecule has 104 heavy (non-hydrogen) atoms. The number of ether oxygens (including phenoxy) is 4. The number of hydrogen-bond donors (Lipinski definition) is 3. The fourth-order valence-electron chi connectivity index (χ4n) is 10.4. The van der Waals surface area contributed by atoms with Gasteiger partial charge in [0.25, 0.3) is 0 Å². The number of phosphoric acid groups is 2. The second-order valence-corrected chi connectivity index (χ2v) is 29.5. The van der Waals surface area contributed by atoms with Crippen molar-refractivity contribution in [2.45, 2.75) is 341 Å². The SMILES string of the molecule is CC/C=C\C/C=C\C/C=C\C/C=C\CCCCCCC(=O)OCC(COP(=O)(O)OCC(O)COP(=O)(O)OCC(COC(=O)CCCCCCCC/C=C\C/C=C\C/C=C\CCCCC)OC(=O)CCCCCCC/C=C\CCCC)OC(=O)CCCCCCCCC/C=C\C/C=C\C/C=C\CC. The third-order valence-electron chi connectivity index (χ3n) is 16.6. The Hall–Kier alpha value is -4.80. The van der Waals surface area contributed by atoms with Gasteiger partial charge < -0.3 is 33.8 Å². The van der Waals surface area contributed by atoms with E-state index in [2.05, 4.69) is 161 Å². The third kappa shape index (κ3) is 75.4. The average molecular weight is 1500 g/mol. The average Bonchev–Trinajstić information content (AvgIpc) is 0.930. The summed E-state index contributed by atoms with van der Waals surface area (Å²) in [6.07, 6.45) is 85.7. The topological polar surface area (TPSA) is 237 Å². The zero-order chi connectivity index (χ0) is 76.0. The maximum Gasteiger partial charge on any atom is 0.472 e. The van der Waals surface area contributed by atoms with Crippen LogP contribution in [0.15, 0.2) is 134 Å². The molecule has 0 aromatic rings. The number of esters is 4. The highest BCUT2D eigenvalue weighted by molar-refractivity contribution is 7.47. The molecule has 0 saturated carbocycles. The van der Waals surface area contributed by atoms with Gasteiger partial charge in [-0.2, -0.15) is 0 Å². The fourth-order valence-corrected chi connectivity index (χ4v) is 12.0. The molecule has 19 heteroatoms. The van der Waals surface area contributed by atoms with E-state index in [1.807, 2.05) is 0 Å². The van der Waals surface area contributed by atoms with Gasteiger partial charge in [-0.1, -0.05) is 277 Å². The minimum absolute atomic E-state index is 0.0747. The molecule has 5 atom stereocenters. The van der Waals surface area contributed by atoms with E-state index in [0.29, 0.717) is 25.7 Å². The van der Waals surface area contributed by atoms with Crippen LogP contribution >= 0.6 is 15.6 Å². The molecular weight excluding hydrogens is 1350 g/mol. The van der Waals surface area contributed by atoms with Crippen molar-refractivity contribution < 1.29 is 80.2 Å². The molecule has 17 nitrogen and oxygen atoms in total. The summed E-state index contributed by atoms with van der Waals surface area (Å²) >= 11 is 0. The molecule has 0 radical (unpaired) electrons. The zero-order valence-electron chi connectivity index (χ0n) is 65.2. The molecule has 3 N–H and O–H groups in total. The normalized spacial score (nSPS) is 14.6. The number of hydrogen-bond acceptors (Lipinski definition) is 15. The molecule has 0 rings (SSSR count). The molecule has 0 aromatic carbocycles. The van der Waals surface area contributed by atoms with E-state index < -0.39 is 97.5 Å². The third-order valence-corrected chi connectivity index (χ3v) is 18.5. The maximum atomic E-state index is 13.1. The van der Waals surface area contributed by atoms with Crippen LogP contribution in [0.25, 0.3) is 0 Å². The summed E-state index contributed by atoms with van der Waals surface area (Å²) in [7, 11) is -9.98. The minimum Gasteiger partial charge on any atom is -0.462 e. The molecule has 0 spiro atoms. The Balaban J connectivity index is 5.36. The van der Waals surface area contributed by atoms with Crippen LogP contribution in [0.5, 0.6) is 0 Å². The second kappa shape index (κ2) is 76.4. The molecule has 0 aliphatic carbocycles. The van der Waals surface area contributed by atoms with Gasteiger partial charge in [0.15, 0.2) is 12.2 Å². The van der Waals surface area contributed by atoms with Gasteiger partial charge in [-0.15, -0.1) is 0 Å². The quantitative estimate of drug-likeness (QED) is 0.0169. The van der Waals surface area contributed by atoms with E-state index in [-0.39, 0.29) is 25.7 Å². The van der Waals surface area contributed by atoms with E-state index in [0.717, 1.165) is 212 Å². The highest BCUT2D eigenvalue weighted by atomic mass is 31.2. The zero-order valence-corrected chi connectivity index (χ0v) is 66.9. The Labute approximate surface area is 631 Å². The van der Waals surface area contributed by atoms with Crippen LogP contribution in [0.4, 0.5) is 0 Å². The lowest BCUT2D eigenvalue weighted by atomic mass is 10.1. The Morgan fingerprint density at radius 2 is 0.510 bits per heavy atom. The second-order valence-electron chi connectivity index (χ2n) is 26.6. The molecule has 596 valence electrons. The van der Waals surface area contributed by atoms with Crippen molar-refractivity contribution in [2.75, 3.05) is 39.6 Å². The number of carbonyl (C=O) groups excluding carboxylic acids is 4. The van der Waals surface area contributed by atoms with E-state index >= 15 is 0 Å². The van der Waals surface area contributed by atoms with Crippen LogP contribution < -0.4 is 0 Å². The van der Waals surface area contributed by atoms with E-state index in [9.17, 15) is 43.2 Å². The van der Waals surface area contributed by atoms with Crippen molar-refractivity contribution in [2.24, 2.45) is 0 Å². The smallest absolute Gasteiger partial charge is 0.462 e. The molecule has 0 bridgehead atoms. The van der Waals surface area contributed by atoms with Gasteiger partial charge in [-0.3, -0.25) is 37.3 Å². The highest BCUT2D eigenvalue weighted by Gasteiger charge is 2.30. The monoisotopic (exact) mass is 1500 g/mol. The van der Waals surface area contributed by atoms with Crippen LogP contribution in [-0.2, 0) is 65.4 Å². The van der Waals surface area contributed by atoms with Crippen LogP contribution in [0.3, 0.4) is 0 Å². The lowest BCUT2D eigenvalue weighted by Gasteiger charge is -2.21. The first-order chi connectivity index (χ1) is 50.7. The number of phosphoric ester groups is 2. The standard InChI is InChI=1S/C85H144O17P2/c1-5-9-13-17-21-25-29-32-35-38-39-42-44-47-51-54-58-62-66-70-82(87)95-75-80(101-84(89)71-67-63-59-55-49-28-24-20-16-12-8-4)77-99-103(91,92)97-73-79(86)74-98-104(93,94)100-78-81(102-85(90)72-68-64-60-56-52-48-45-41-37-34-31-27-23-19-15-11-7-3)76-96-83(88)69-65-61-57-53-50-46-43-40-36-33-30-26-22-18-14-10-6-2/h10-11,14-15,20-27,32-37,39,42-43,46,79-81,86H,5-9,12-13,16-19,28-31,38,40-41,44-45,47-78H2,1-4H3,(H,91,92)(H,93,94)/b14-10-,15-11-,24-20-,25-21-,26-22-,27-23-,35-32-,36-33-,37-34-,42-39-,46-43-.